The number of aliphatic hydroxyl groups excluding tert-OH is 2. The molecule has 3 N–H and O–H groups in total. The van der Waals surface area contributed by atoms with E-state index in [2.05, 4.69) is 21.2 Å². The Labute approximate surface area is 178 Å². The van der Waals surface area contributed by atoms with Gasteiger partial charge in [0.05, 0.1) is 18.2 Å². The zero-order chi connectivity index (χ0) is 21.0. The molecule has 2 aromatic rings. The minimum Gasteiger partial charge on any atom is -0.493 e. The lowest BCUT2D eigenvalue weighted by Crippen LogP contribution is -2.42. The molecule has 1 unspecified atom stereocenters. The largest absolute Gasteiger partial charge is 0.493 e. The third-order valence-electron chi connectivity index (χ3n) is 4.62. The first-order valence-corrected chi connectivity index (χ1v) is 10.0. The Morgan fingerprint density at radius 3 is 2.69 bits per heavy atom. The van der Waals surface area contributed by atoms with Crippen molar-refractivity contribution < 1.29 is 29.2 Å². The highest BCUT2D eigenvalue weighted by Gasteiger charge is 2.20. The fourth-order valence-corrected chi connectivity index (χ4v) is 3.40. The van der Waals surface area contributed by atoms with E-state index < -0.39 is 6.10 Å². The van der Waals surface area contributed by atoms with E-state index in [9.17, 15) is 10.2 Å². The van der Waals surface area contributed by atoms with Crippen LogP contribution in [-0.2, 0) is 6.54 Å². The Balaban J connectivity index is 1.68. The second kappa shape index (κ2) is 9.21. The van der Waals surface area contributed by atoms with Crippen LogP contribution in [0.2, 0.25) is 0 Å². The quantitative estimate of drug-likeness (QED) is 0.521. The van der Waals surface area contributed by atoms with E-state index in [1.807, 2.05) is 26.0 Å². The van der Waals surface area contributed by atoms with Crippen LogP contribution in [-0.4, -0.2) is 42.9 Å². The van der Waals surface area contributed by atoms with Crippen LogP contribution in [0.4, 0.5) is 0 Å². The summed E-state index contributed by atoms with van der Waals surface area (Å²) in [6.07, 6.45) is -0.840. The lowest BCUT2D eigenvalue weighted by Gasteiger charge is -2.24. The van der Waals surface area contributed by atoms with Gasteiger partial charge in [-0.25, -0.2) is 0 Å². The number of methoxy groups -OCH3 is 1. The summed E-state index contributed by atoms with van der Waals surface area (Å²) in [5.41, 5.74) is 1.26. The van der Waals surface area contributed by atoms with Crippen molar-refractivity contribution >= 4 is 15.9 Å². The molecule has 1 heterocycles. The first kappa shape index (κ1) is 21.7. The van der Waals surface area contributed by atoms with Crippen LogP contribution in [0, 0.1) is 0 Å². The highest BCUT2D eigenvalue weighted by Crippen LogP contribution is 2.38. The molecule has 0 saturated heterocycles. The van der Waals surface area contributed by atoms with Gasteiger partial charge in [-0.15, -0.1) is 0 Å². The molecule has 29 heavy (non-hydrogen) atoms. The van der Waals surface area contributed by atoms with Crippen LogP contribution in [0.5, 0.6) is 23.0 Å². The smallest absolute Gasteiger partial charge is 0.231 e. The van der Waals surface area contributed by atoms with Crippen molar-refractivity contribution in [1.29, 1.82) is 0 Å². The van der Waals surface area contributed by atoms with Crippen molar-refractivity contribution in [3.05, 3.63) is 45.9 Å². The van der Waals surface area contributed by atoms with Crippen molar-refractivity contribution in [3.8, 4) is 23.0 Å². The van der Waals surface area contributed by atoms with Gasteiger partial charge in [0.15, 0.2) is 23.0 Å². The highest BCUT2D eigenvalue weighted by atomic mass is 79.9. The van der Waals surface area contributed by atoms with Crippen molar-refractivity contribution in [2.75, 3.05) is 27.1 Å². The van der Waals surface area contributed by atoms with Gasteiger partial charge in [0.25, 0.3) is 0 Å². The number of nitrogens with one attached hydrogen (secondary N) is 1. The van der Waals surface area contributed by atoms with Gasteiger partial charge < -0.3 is 34.5 Å². The predicted octanol–water partition coefficient (Wildman–Crippen LogP) is 3.16. The average Bonchev–Trinajstić information content (AvgIpc) is 3.18. The number of hydrogen-bond acceptors (Lipinski definition) is 7. The van der Waals surface area contributed by atoms with E-state index >= 15 is 0 Å². The summed E-state index contributed by atoms with van der Waals surface area (Å²) in [5.74, 6) is 2.34. The summed E-state index contributed by atoms with van der Waals surface area (Å²) in [5, 5.41) is 23.2. The summed E-state index contributed by atoms with van der Waals surface area (Å²) in [4.78, 5) is 0. The van der Waals surface area contributed by atoms with E-state index in [0.29, 0.717) is 39.6 Å². The van der Waals surface area contributed by atoms with E-state index in [-0.39, 0.29) is 25.5 Å². The number of ether oxygens (including phenoxy) is 4. The number of benzene rings is 2. The van der Waals surface area contributed by atoms with Gasteiger partial charge in [-0.2, -0.15) is 0 Å². The second-order valence-corrected chi connectivity index (χ2v) is 8.30. The maximum atomic E-state index is 10.5. The molecular formula is C21H26BrNO6. The molecule has 8 heteroatoms. The van der Waals surface area contributed by atoms with Gasteiger partial charge in [-0.05, 0) is 65.2 Å². The molecule has 0 fully saturated rings. The molecule has 0 aliphatic carbocycles. The third-order valence-corrected chi connectivity index (χ3v) is 5.21. The molecule has 0 bridgehead atoms. The molecule has 3 rings (SSSR count). The van der Waals surface area contributed by atoms with Crippen LogP contribution in [0.25, 0.3) is 0 Å². The molecule has 0 amide bonds. The molecule has 1 aliphatic rings. The number of rotatable bonds is 9. The van der Waals surface area contributed by atoms with E-state index in [0.717, 1.165) is 5.56 Å². The predicted molar refractivity (Wildman–Crippen MR) is 112 cm³/mol. The molecule has 0 radical (unpaired) electrons. The topological polar surface area (TPSA) is 89.4 Å². The van der Waals surface area contributed by atoms with Crippen molar-refractivity contribution in [2.24, 2.45) is 0 Å². The Bertz CT molecular complexity index is 857. The Kier molecular flexibility index (Phi) is 6.89. The van der Waals surface area contributed by atoms with Crippen LogP contribution in [0.15, 0.2) is 34.8 Å². The zero-order valence-electron chi connectivity index (χ0n) is 16.7. The summed E-state index contributed by atoms with van der Waals surface area (Å²) in [7, 11) is 1.57. The number of halogens is 1. The zero-order valence-corrected chi connectivity index (χ0v) is 18.3. The standard InChI is InChI=1S/C21H26BrNO6/c1-21(2,11-24)23-9-13-6-15(22)20(19(7-13)26-3)27-10-16(25)14-4-5-17-18(8-14)29-12-28-17/h4-8,16,23-25H,9-12H2,1-3H3. The second-order valence-electron chi connectivity index (χ2n) is 7.44. The lowest BCUT2D eigenvalue weighted by molar-refractivity contribution is 0.105. The molecule has 1 aliphatic heterocycles. The Morgan fingerprint density at radius 2 is 1.97 bits per heavy atom. The van der Waals surface area contributed by atoms with Gasteiger partial charge in [-0.3, -0.25) is 0 Å². The highest BCUT2D eigenvalue weighted by molar-refractivity contribution is 9.10. The monoisotopic (exact) mass is 467 g/mol. The summed E-state index contributed by atoms with van der Waals surface area (Å²) in [6, 6.07) is 9.09. The lowest BCUT2D eigenvalue weighted by atomic mass is 10.1. The number of hydrogen-bond donors (Lipinski definition) is 3. The SMILES string of the molecule is COc1cc(CNC(C)(C)CO)cc(Br)c1OCC(O)c1ccc2c(c1)OCO2. The fourth-order valence-electron chi connectivity index (χ4n) is 2.79. The Morgan fingerprint density at radius 1 is 1.21 bits per heavy atom. The van der Waals surface area contributed by atoms with Crippen LogP contribution >= 0.6 is 15.9 Å². The molecule has 158 valence electrons. The van der Waals surface area contributed by atoms with Crippen molar-refractivity contribution in [3.63, 3.8) is 0 Å². The van der Waals surface area contributed by atoms with Crippen LogP contribution in [0.1, 0.15) is 31.1 Å². The van der Waals surface area contributed by atoms with E-state index in [4.69, 9.17) is 18.9 Å². The average molecular weight is 468 g/mol. The van der Waals surface area contributed by atoms with Crippen LogP contribution < -0.4 is 24.3 Å². The normalized spacial score (nSPS) is 14.0. The van der Waals surface area contributed by atoms with Crippen molar-refractivity contribution in [1.82, 2.24) is 5.32 Å². The van der Waals surface area contributed by atoms with E-state index in [1.165, 1.54) is 0 Å². The molecular weight excluding hydrogens is 442 g/mol. The Hall–Kier alpha value is -2.00. The molecule has 1 atom stereocenters. The maximum absolute atomic E-state index is 10.5. The molecule has 0 spiro atoms. The molecule has 0 saturated carbocycles. The summed E-state index contributed by atoms with van der Waals surface area (Å²) < 4.78 is 22.7. The molecule has 7 nitrogen and oxygen atoms in total. The van der Waals surface area contributed by atoms with Gasteiger partial charge >= 0.3 is 0 Å². The summed E-state index contributed by atoms with van der Waals surface area (Å²) in [6.45, 7) is 4.67. The minimum atomic E-state index is -0.840. The first-order valence-electron chi connectivity index (χ1n) is 9.25. The van der Waals surface area contributed by atoms with E-state index in [1.54, 1.807) is 25.3 Å². The van der Waals surface area contributed by atoms with Gasteiger partial charge in [0.1, 0.15) is 12.7 Å². The number of fused-ring (bicyclic) bond motifs is 1. The fraction of sp³-hybridized carbons (Fsp3) is 0.429. The van der Waals surface area contributed by atoms with Crippen LogP contribution in [0.3, 0.4) is 0 Å². The van der Waals surface area contributed by atoms with Gasteiger partial charge in [0.2, 0.25) is 6.79 Å². The van der Waals surface area contributed by atoms with Gasteiger partial charge in [-0.1, -0.05) is 6.07 Å². The maximum Gasteiger partial charge on any atom is 0.231 e. The third kappa shape index (κ3) is 5.33. The molecule has 2 aromatic carbocycles. The first-order chi connectivity index (χ1) is 13.8. The van der Waals surface area contributed by atoms with Crippen molar-refractivity contribution in [2.45, 2.75) is 32.0 Å². The number of aliphatic hydroxyl groups is 2. The van der Waals surface area contributed by atoms with Gasteiger partial charge in [0, 0.05) is 12.1 Å². The molecule has 0 aromatic heterocycles. The minimum absolute atomic E-state index is 0.0320. The summed E-state index contributed by atoms with van der Waals surface area (Å²) >= 11 is 3.52.